The van der Waals surface area contributed by atoms with Crippen molar-refractivity contribution >= 4 is 11.3 Å². The first kappa shape index (κ1) is 18.1. The third-order valence-corrected chi connectivity index (χ3v) is 5.70. The normalized spacial score (nSPS) is 25.2. The molecule has 2 aliphatic heterocycles. The second kappa shape index (κ2) is 8.62. The molecular weight excluding hydrogens is 336 g/mol. The molecule has 0 radical (unpaired) electrons. The Kier molecular flexibility index (Phi) is 6.51. The van der Waals surface area contributed by atoms with Gasteiger partial charge in [0.2, 0.25) is 0 Å². The van der Waals surface area contributed by atoms with Crippen molar-refractivity contribution in [1.82, 2.24) is 9.88 Å². The van der Waals surface area contributed by atoms with E-state index >= 15 is 0 Å². The topological polar surface area (TPSA) is 60.6 Å². The fourth-order valence-electron chi connectivity index (χ4n) is 3.46. The maximum Gasteiger partial charge on any atom is 0.281 e. The van der Waals surface area contributed by atoms with Crippen LogP contribution in [-0.2, 0) is 9.47 Å². The summed E-state index contributed by atoms with van der Waals surface area (Å²) in [6.07, 6.45) is 2.52. The minimum absolute atomic E-state index is 0.0764. The van der Waals surface area contributed by atoms with Crippen LogP contribution in [0, 0.1) is 0 Å². The molecule has 24 heavy (non-hydrogen) atoms. The Balaban J connectivity index is 1.55. The summed E-state index contributed by atoms with van der Waals surface area (Å²) in [5, 5.41) is 0. The Morgan fingerprint density at radius 3 is 2.75 bits per heavy atom. The lowest BCUT2D eigenvalue weighted by Crippen LogP contribution is -2.43. The van der Waals surface area contributed by atoms with E-state index in [9.17, 15) is 8.78 Å². The Hall–Kier alpha value is -0.670. The van der Waals surface area contributed by atoms with E-state index in [0.717, 1.165) is 51.8 Å². The smallest absolute Gasteiger partial charge is 0.281 e. The predicted molar refractivity (Wildman–Crippen MR) is 88.1 cm³/mol. The zero-order valence-electron chi connectivity index (χ0n) is 13.7. The van der Waals surface area contributed by atoms with E-state index < -0.39 is 6.43 Å². The van der Waals surface area contributed by atoms with Gasteiger partial charge in [0.25, 0.3) is 6.43 Å². The molecule has 2 fully saturated rings. The summed E-state index contributed by atoms with van der Waals surface area (Å²) in [6, 6.07) is -0.187. The molecule has 0 spiro atoms. The molecule has 2 atom stereocenters. The first-order valence-electron chi connectivity index (χ1n) is 8.61. The van der Waals surface area contributed by atoms with Crippen LogP contribution in [0.3, 0.4) is 0 Å². The lowest BCUT2D eigenvalue weighted by molar-refractivity contribution is -0.196. The maximum atomic E-state index is 13.1. The summed E-state index contributed by atoms with van der Waals surface area (Å²) in [6.45, 7) is 2.68. The summed E-state index contributed by atoms with van der Waals surface area (Å²) in [5.74, 6) is 0. The molecular formula is C16H25F2N3O2S. The van der Waals surface area contributed by atoms with Crippen LogP contribution in [0.15, 0.2) is 5.51 Å². The number of piperidine rings is 1. The van der Waals surface area contributed by atoms with Crippen molar-refractivity contribution in [1.29, 1.82) is 0 Å². The third kappa shape index (κ3) is 4.29. The molecule has 0 aromatic carbocycles. The SMILES string of the molecule is NCC(c1scnc1C(F)F)N1CCC(OC2CCCCO2)CC1. The standard InChI is InChI=1S/C16H25F2N3O2S/c17-16(18)14-15(24-10-20-14)12(9-19)21-6-4-11(5-7-21)23-13-3-1-2-8-22-13/h10-13,16H,1-9,19H2. The number of hydrogen-bond donors (Lipinski definition) is 1. The van der Waals surface area contributed by atoms with Crippen LogP contribution in [0.5, 0.6) is 0 Å². The first-order valence-corrected chi connectivity index (χ1v) is 9.49. The number of hydrogen-bond acceptors (Lipinski definition) is 6. The van der Waals surface area contributed by atoms with E-state index in [-0.39, 0.29) is 24.1 Å². The molecule has 2 unspecified atom stereocenters. The molecule has 3 heterocycles. The largest absolute Gasteiger partial charge is 0.353 e. The molecule has 0 amide bonds. The van der Waals surface area contributed by atoms with Gasteiger partial charge in [-0.2, -0.15) is 0 Å². The van der Waals surface area contributed by atoms with Gasteiger partial charge in [0.1, 0.15) is 5.69 Å². The zero-order valence-corrected chi connectivity index (χ0v) is 14.5. The van der Waals surface area contributed by atoms with E-state index in [1.54, 1.807) is 0 Å². The lowest BCUT2D eigenvalue weighted by atomic mass is 10.0. The van der Waals surface area contributed by atoms with Gasteiger partial charge >= 0.3 is 0 Å². The maximum absolute atomic E-state index is 13.1. The first-order chi connectivity index (χ1) is 11.7. The van der Waals surface area contributed by atoms with Crippen molar-refractivity contribution < 1.29 is 18.3 Å². The van der Waals surface area contributed by atoms with Crippen molar-refractivity contribution in [2.45, 2.75) is 57.0 Å². The fourth-order valence-corrected chi connectivity index (χ4v) is 4.40. The molecule has 0 saturated carbocycles. The van der Waals surface area contributed by atoms with Gasteiger partial charge < -0.3 is 15.2 Å². The average molecular weight is 361 g/mol. The van der Waals surface area contributed by atoms with Crippen molar-refractivity contribution in [3.8, 4) is 0 Å². The van der Waals surface area contributed by atoms with E-state index in [0.29, 0.717) is 11.4 Å². The van der Waals surface area contributed by atoms with E-state index in [1.165, 1.54) is 16.8 Å². The van der Waals surface area contributed by atoms with Crippen molar-refractivity contribution in [3.63, 3.8) is 0 Å². The number of ether oxygens (including phenoxy) is 2. The summed E-state index contributed by atoms with van der Waals surface area (Å²) in [4.78, 5) is 6.60. The minimum Gasteiger partial charge on any atom is -0.353 e. The van der Waals surface area contributed by atoms with Gasteiger partial charge in [-0.3, -0.25) is 4.90 Å². The lowest BCUT2D eigenvalue weighted by Gasteiger charge is -2.38. The van der Waals surface area contributed by atoms with Crippen molar-refractivity contribution in [2.75, 3.05) is 26.2 Å². The Bertz CT molecular complexity index is 503. The van der Waals surface area contributed by atoms with Crippen LogP contribution in [0.1, 0.15) is 55.1 Å². The van der Waals surface area contributed by atoms with E-state index in [1.807, 2.05) is 0 Å². The van der Waals surface area contributed by atoms with E-state index in [2.05, 4.69) is 9.88 Å². The highest BCUT2D eigenvalue weighted by Crippen LogP contribution is 2.34. The van der Waals surface area contributed by atoms with Crippen LogP contribution in [-0.4, -0.2) is 48.5 Å². The number of thiazole rings is 1. The summed E-state index contributed by atoms with van der Waals surface area (Å²) < 4.78 is 37.9. The summed E-state index contributed by atoms with van der Waals surface area (Å²) in [5.41, 5.74) is 7.25. The molecule has 136 valence electrons. The molecule has 1 aromatic rings. The molecule has 0 aliphatic carbocycles. The number of rotatable bonds is 6. The van der Waals surface area contributed by atoms with Gasteiger partial charge in [0, 0.05) is 26.2 Å². The Morgan fingerprint density at radius 1 is 1.33 bits per heavy atom. The second-order valence-corrected chi connectivity index (χ2v) is 7.21. The van der Waals surface area contributed by atoms with Crippen LogP contribution >= 0.6 is 11.3 Å². The second-order valence-electron chi connectivity index (χ2n) is 6.32. The highest BCUT2D eigenvalue weighted by Gasteiger charge is 2.31. The molecule has 2 saturated heterocycles. The predicted octanol–water partition coefficient (Wildman–Crippen LogP) is 3.09. The van der Waals surface area contributed by atoms with Gasteiger partial charge in [0.15, 0.2) is 6.29 Å². The highest BCUT2D eigenvalue weighted by atomic mass is 32.1. The van der Waals surface area contributed by atoms with Crippen LogP contribution < -0.4 is 5.73 Å². The zero-order chi connectivity index (χ0) is 16.9. The Labute approximate surface area is 145 Å². The highest BCUT2D eigenvalue weighted by molar-refractivity contribution is 7.09. The van der Waals surface area contributed by atoms with Gasteiger partial charge in [-0.15, -0.1) is 11.3 Å². The van der Waals surface area contributed by atoms with Crippen LogP contribution in [0.4, 0.5) is 8.78 Å². The molecule has 8 heteroatoms. The number of nitrogens with two attached hydrogens (primary N) is 1. The Morgan fingerprint density at radius 2 is 2.12 bits per heavy atom. The summed E-state index contributed by atoms with van der Waals surface area (Å²) >= 11 is 1.27. The fraction of sp³-hybridized carbons (Fsp3) is 0.812. The monoisotopic (exact) mass is 361 g/mol. The molecule has 2 N–H and O–H groups in total. The number of aromatic nitrogens is 1. The van der Waals surface area contributed by atoms with Gasteiger partial charge in [-0.05, 0) is 32.1 Å². The number of likely N-dealkylation sites (tertiary alicyclic amines) is 1. The molecule has 3 rings (SSSR count). The summed E-state index contributed by atoms with van der Waals surface area (Å²) in [7, 11) is 0. The van der Waals surface area contributed by atoms with Crippen molar-refractivity contribution in [2.24, 2.45) is 5.73 Å². The van der Waals surface area contributed by atoms with Gasteiger partial charge in [-0.25, -0.2) is 13.8 Å². The quantitative estimate of drug-likeness (QED) is 0.844. The van der Waals surface area contributed by atoms with Gasteiger partial charge in [-0.1, -0.05) is 0 Å². The number of halogens is 2. The van der Waals surface area contributed by atoms with Crippen molar-refractivity contribution in [3.05, 3.63) is 16.1 Å². The molecule has 5 nitrogen and oxygen atoms in total. The van der Waals surface area contributed by atoms with E-state index in [4.69, 9.17) is 15.2 Å². The average Bonchev–Trinajstić information content (AvgIpc) is 3.08. The number of alkyl halides is 2. The molecule has 2 aliphatic rings. The van der Waals surface area contributed by atoms with Crippen LogP contribution in [0.25, 0.3) is 0 Å². The number of nitrogens with zero attached hydrogens (tertiary/aromatic N) is 2. The molecule has 0 bridgehead atoms. The third-order valence-electron chi connectivity index (χ3n) is 4.76. The van der Waals surface area contributed by atoms with Gasteiger partial charge in [0.05, 0.1) is 22.5 Å². The molecule has 1 aromatic heterocycles. The van der Waals surface area contributed by atoms with Crippen LogP contribution in [0.2, 0.25) is 0 Å². The minimum atomic E-state index is -2.55.